The largest absolute Gasteiger partial charge is 0.467 e. The molecule has 0 unspecified atom stereocenters. The fourth-order valence-electron chi connectivity index (χ4n) is 1.80. The van der Waals surface area contributed by atoms with Gasteiger partial charge in [0.15, 0.2) is 6.79 Å². The Morgan fingerprint density at radius 1 is 1.30 bits per heavy atom. The minimum Gasteiger partial charge on any atom is -0.467 e. The number of halogens is 2. The number of benzene rings is 1. The predicted molar refractivity (Wildman–Crippen MR) is 82.3 cm³/mol. The number of methoxy groups -OCH3 is 1. The Balaban J connectivity index is 2.44. The molecule has 0 bridgehead atoms. The Bertz CT molecular complexity index is 685. The van der Waals surface area contributed by atoms with Crippen molar-refractivity contribution in [3.05, 3.63) is 50.1 Å². The Morgan fingerprint density at radius 3 is 2.70 bits per heavy atom. The Labute approximate surface area is 129 Å². The van der Waals surface area contributed by atoms with Crippen LogP contribution in [0.1, 0.15) is 0 Å². The van der Waals surface area contributed by atoms with Crippen LogP contribution in [-0.2, 0) is 11.8 Å². The number of aromatic nitrogens is 1. The molecule has 1 aromatic heterocycles. The molecule has 20 heavy (non-hydrogen) atoms. The average molecular weight is 389 g/mol. The van der Waals surface area contributed by atoms with Gasteiger partial charge in [-0.3, -0.25) is 4.79 Å². The summed E-state index contributed by atoms with van der Waals surface area (Å²) in [5.74, 6) is -0.0709. The van der Waals surface area contributed by atoms with Crippen LogP contribution in [0.2, 0.25) is 0 Å². The van der Waals surface area contributed by atoms with Crippen LogP contribution in [0.4, 0.5) is 4.39 Å². The van der Waals surface area contributed by atoms with Crippen LogP contribution in [0.15, 0.2) is 35.1 Å². The minimum absolute atomic E-state index is 0.0564. The third-order valence-corrected chi connectivity index (χ3v) is 3.64. The summed E-state index contributed by atoms with van der Waals surface area (Å²) in [5.41, 5.74) is 0.721. The molecule has 0 saturated carbocycles. The van der Waals surface area contributed by atoms with Crippen molar-refractivity contribution < 1.29 is 13.9 Å². The lowest BCUT2D eigenvalue weighted by atomic mass is 10.1. The first-order valence-corrected chi connectivity index (χ1v) is 6.89. The molecule has 0 spiro atoms. The van der Waals surface area contributed by atoms with Crippen molar-refractivity contribution in [2.75, 3.05) is 13.9 Å². The fourth-order valence-corrected chi connectivity index (χ4v) is 2.34. The van der Waals surface area contributed by atoms with Gasteiger partial charge >= 0.3 is 0 Å². The second-order valence-electron chi connectivity index (χ2n) is 4.12. The van der Waals surface area contributed by atoms with Crippen LogP contribution in [0.5, 0.6) is 5.75 Å². The lowest BCUT2D eigenvalue weighted by Gasteiger charge is -2.11. The maximum absolute atomic E-state index is 14.1. The molecule has 106 valence electrons. The van der Waals surface area contributed by atoms with E-state index >= 15 is 0 Å². The van der Waals surface area contributed by atoms with E-state index in [-0.39, 0.29) is 12.4 Å². The average Bonchev–Trinajstić information content (AvgIpc) is 2.44. The zero-order chi connectivity index (χ0) is 14.7. The van der Waals surface area contributed by atoms with Crippen LogP contribution in [-0.4, -0.2) is 18.5 Å². The molecule has 0 radical (unpaired) electrons. The summed E-state index contributed by atoms with van der Waals surface area (Å²) in [4.78, 5) is 11.9. The van der Waals surface area contributed by atoms with Crippen molar-refractivity contribution in [3.8, 4) is 17.0 Å². The van der Waals surface area contributed by atoms with E-state index in [0.717, 1.165) is 0 Å². The quantitative estimate of drug-likeness (QED) is 0.597. The van der Waals surface area contributed by atoms with Crippen LogP contribution < -0.4 is 10.3 Å². The number of rotatable bonds is 4. The molecule has 6 heteroatoms. The maximum atomic E-state index is 14.1. The molecule has 2 aromatic rings. The highest BCUT2D eigenvalue weighted by molar-refractivity contribution is 14.1. The number of ether oxygens (including phenoxy) is 2. The van der Waals surface area contributed by atoms with Crippen molar-refractivity contribution in [2.45, 2.75) is 0 Å². The Morgan fingerprint density at radius 2 is 2.05 bits per heavy atom. The second kappa shape index (κ2) is 6.36. The van der Waals surface area contributed by atoms with E-state index in [4.69, 9.17) is 9.47 Å². The van der Waals surface area contributed by atoms with Gasteiger partial charge in [0.2, 0.25) is 0 Å². The molecule has 0 aliphatic carbocycles. The van der Waals surface area contributed by atoms with Gasteiger partial charge in [-0.05, 0) is 46.9 Å². The first-order chi connectivity index (χ1) is 9.54. The lowest BCUT2D eigenvalue weighted by Crippen LogP contribution is -2.20. The molecule has 0 aliphatic rings. The summed E-state index contributed by atoms with van der Waals surface area (Å²) in [6.07, 6.45) is 0. The van der Waals surface area contributed by atoms with Gasteiger partial charge in [0.25, 0.3) is 5.56 Å². The van der Waals surface area contributed by atoms with E-state index < -0.39 is 5.82 Å². The Kier molecular flexibility index (Phi) is 4.77. The topological polar surface area (TPSA) is 40.5 Å². The number of nitrogens with zero attached hydrogens (tertiary/aromatic N) is 1. The molecule has 1 aromatic carbocycles. The molecular formula is C14H13FINO3. The van der Waals surface area contributed by atoms with E-state index in [2.05, 4.69) is 0 Å². The number of hydrogen-bond acceptors (Lipinski definition) is 3. The van der Waals surface area contributed by atoms with Gasteiger partial charge in [-0.15, -0.1) is 0 Å². The predicted octanol–water partition coefficient (Wildman–Crippen LogP) is 2.78. The highest BCUT2D eigenvalue weighted by atomic mass is 127. The highest BCUT2D eigenvalue weighted by Crippen LogP contribution is 2.25. The van der Waals surface area contributed by atoms with Crippen molar-refractivity contribution in [1.29, 1.82) is 0 Å². The van der Waals surface area contributed by atoms with Gasteiger partial charge in [0, 0.05) is 25.8 Å². The molecule has 0 N–H and O–H groups in total. The molecule has 0 atom stereocenters. The summed E-state index contributed by atoms with van der Waals surface area (Å²) in [5, 5.41) is 0. The standard InChI is InChI=1S/C14H13FINO3/c1-17-13(6-5-12(16)14(17)18)10-4-3-9(7-11(10)15)20-8-19-2/h3-7H,8H2,1-2H3. The summed E-state index contributed by atoms with van der Waals surface area (Å²) in [6, 6.07) is 7.89. The molecule has 1 heterocycles. The van der Waals surface area contributed by atoms with E-state index in [0.29, 0.717) is 20.6 Å². The van der Waals surface area contributed by atoms with Gasteiger partial charge in [-0.25, -0.2) is 4.39 Å². The van der Waals surface area contributed by atoms with Crippen LogP contribution in [0, 0.1) is 9.39 Å². The van der Waals surface area contributed by atoms with Gasteiger partial charge in [0.05, 0.1) is 9.26 Å². The normalized spacial score (nSPS) is 10.6. The molecular weight excluding hydrogens is 376 g/mol. The smallest absolute Gasteiger partial charge is 0.264 e. The Hall–Kier alpha value is -1.41. The van der Waals surface area contributed by atoms with Crippen molar-refractivity contribution in [1.82, 2.24) is 4.57 Å². The highest BCUT2D eigenvalue weighted by Gasteiger charge is 2.11. The van der Waals surface area contributed by atoms with E-state index in [1.165, 1.54) is 17.7 Å². The SMILES string of the molecule is COCOc1ccc(-c2ccc(I)c(=O)n2C)c(F)c1. The monoisotopic (exact) mass is 389 g/mol. The molecule has 0 amide bonds. The third kappa shape index (κ3) is 3.01. The van der Waals surface area contributed by atoms with E-state index in [9.17, 15) is 9.18 Å². The zero-order valence-corrected chi connectivity index (χ0v) is 13.2. The molecule has 0 fully saturated rings. The molecule has 0 saturated heterocycles. The first-order valence-electron chi connectivity index (χ1n) is 5.81. The molecule has 0 aliphatic heterocycles. The van der Waals surface area contributed by atoms with Gasteiger partial charge in [-0.1, -0.05) is 0 Å². The number of pyridine rings is 1. The van der Waals surface area contributed by atoms with E-state index in [1.54, 1.807) is 31.3 Å². The van der Waals surface area contributed by atoms with E-state index in [1.807, 2.05) is 22.6 Å². The van der Waals surface area contributed by atoms with Crippen LogP contribution in [0.25, 0.3) is 11.3 Å². The number of hydrogen-bond donors (Lipinski definition) is 0. The second-order valence-corrected chi connectivity index (χ2v) is 5.29. The van der Waals surface area contributed by atoms with Crippen molar-refractivity contribution in [3.63, 3.8) is 0 Å². The van der Waals surface area contributed by atoms with Crippen molar-refractivity contribution in [2.24, 2.45) is 7.05 Å². The van der Waals surface area contributed by atoms with Crippen LogP contribution in [0.3, 0.4) is 0 Å². The lowest BCUT2D eigenvalue weighted by molar-refractivity contribution is 0.0509. The van der Waals surface area contributed by atoms with Crippen molar-refractivity contribution >= 4 is 22.6 Å². The summed E-state index contributed by atoms with van der Waals surface area (Å²) >= 11 is 1.95. The molecule has 4 nitrogen and oxygen atoms in total. The van der Waals surface area contributed by atoms with Gasteiger partial charge < -0.3 is 14.0 Å². The summed E-state index contributed by atoms with van der Waals surface area (Å²) < 4.78 is 26.1. The molecule has 2 rings (SSSR count). The minimum atomic E-state index is -0.449. The fraction of sp³-hybridized carbons (Fsp3) is 0.214. The first kappa shape index (κ1) is 15.0. The third-order valence-electron chi connectivity index (χ3n) is 2.82. The summed E-state index contributed by atoms with van der Waals surface area (Å²) in [6.45, 7) is 0.0564. The van der Waals surface area contributed by atoms with Gasteiger partial charge in [-0.2, -0.15) is 0 Å². The van der Waals surface area contributed by atoms with Crippen LogP contribution >= 0.6 is 22.6 Å². The summed E-state index contributed by atoms with van der Waals surface area (Å²) in [7, 11) is 3.11. The maximum Gasteiger partial charge on any atom is 0.264 e. The van der Waals surface area contributed by atoms with Gasteiger partial charge in [0.1, 0.15) is 11.6 Å². The zero-order valence-electron chi connectivity index (χ0n) is 11.0.